The monoisotopic (exact) mass is 390 g/mol. The van der Waals surface area contributed by atoms with Crippen molar-refractivity contribution in [2.24, 2.45) is 5.92 Å². The van der Waals surface area contributed by atoms with Gasteiger partial charge in [0.25, 0.3) is 5.91 Å². The number of amides is 1. The molecule has 5 nitrogen and oxygen atoms in total. The number of nitrogens with zero attached hydrogens (tertiary/aromatic N) is 2. The normalized spacial score (nSPS) is 16.9. The molecule has 2 aromatic heterocycles. The molecule has 5 heteroatoms. The van der Waals surface area contributed by atoms with Crippen LogP contribution >= 0.6 is 0 Å². The molecule has 4 rings (SSSR count). The summed E-state index contributed by atoms with van der Waals surface area (Å²) in [6.45, 7) is 5.16. The Morgan fingerprint density at radius 2 is 2.14 bits per heavy atom. The Morgan fingerprint density at radius 3 is 2.90 bits per heavy atom. The van der Waals surface area contributed by atoms with Crippen molar-refractivity contribution in [1.29, 1.82) is 0 Å². The van der Waals surface area contributed by atoms with Crippen molar-refractivity contribution >= 4 is 22.7 Å². The Balaban J connectivity index is 1.56. The van der Waals surface area contributed by atoms with Crippen LogP contribution in [0.3, 0.4) is 0 Å². The first-order valence-electron chi connectivity index (χ1n) is 10.3. The van der Waals surface area contributed by atoms with E-state index in [-0.39, 0.29) is 17.6 Å². The lowest BCUT2D eigenvalue weighted by atomic mass is 9.90. The van der Waals surface area contributed by atoms with Crippen molar-refractivity contribution < 1.29 is 14.0 Å². The molecule has 0 aliphatic carbocycles. The summed E-state index contributed by atoms with van der Waals surface area (Å²) in [6, 6.07) is 9.69. The van der Waals surface area contributed by atoms with Gasteiger partial charge in [0.05, 0.1) is 0 Å². The molecule has 1 fully saturated rings. The maximum absolute atomic E-state index is 13.2. The number of pyridine rings is 1. The number of carbonyl (C=O) groups is 2. The summed E-state index contributed by atoms with van der Waals surface area (Å²) in [6.07, 6.45) is 6.94. The highest BCUT2D eigenvalue weighted by atomic mass is 16.3. The number of carbonyl (C=O) groups excluding carboxylic acids is 2. The first kappa shape index (κ1) is 19.4. The first-order valence-corrected chi connectivity index (χ1v) is 10.3. The summed E-state index contributed by atoms with van der Waals surface area (Å²) in [5.41, 5.74) is 3.48. The number of aromatic nitrogens is 1. The summed E-state index contributed by atoms with van der Waals surface area (Å²) in [5, 5.41) is 0.999. The number of aryl methyl sites for hydroxylation is 2. The van der Waals surface area contributed by atoms with Crippen LogP contribution in [-0.4, -0.2) is 34.7 Å². The number of ketones is 1. The minimum atomic E-state index is -0.197. The van der Waals surface area contributed by atoms with Gasteiger partial charge in [0.15, 0.2) is 11.5 Å². The lowest BCUT2D eigenvalue weighted by Gasteiger charge is -2.31. The third-order valence-corrected chi connectivity index (χ3v) is 5.76. The van der Waals surface area contributed by atoms with E-state index in [1.807, 2.05) is 13.0 Å². The molecule has 150 valence electrons. The van der Waals surface area contributed by atoms with Crippen LogP contribution in [0.1, 0.15) is 58.2 Å². The molecule has 1 aliphatic heterocycles. The fourth-order valence-electron chi connectivity index (χ4n) is 4.18. The molecule has 1 saturated heterocycles. The number of hydrogen-bond acceptors (Lipinski definition) is 4. The third kappa shape index (κ3) is 3.82. The van der Waals surface area contributed by atoms with Gasteiger partial charge >= 0.3 is 0 Å². The topological polar surface area (TPSA) is 63.4 Å². The van der Waals surface area contributed by atoms with Gasteiger partial charge in [0, 0.05) is 47.9 Å². The molecule has 3 aromatic rings. The van der Waals surface area contributed by atoms with Gasteiger partial charge in [-0.3, -0.25) is 14.6 Å². The number of hydrogen-bond donors (Lipinski definition) is 0. The number of rotatable bonds is 5. The van der Waals surface area contributed by atoms with E-state index in [4.69, 9.17) is 4.42 Å². The van der Waals surface area contributed by atoms with Crippen molar-refractivity contribution in [3.8, 4) is 0 Å². The van der Waals surface area contributed by atoms with Crippen LogP contribution in [0.2, 0.25) is 0 Å². The minimum absolute atomic E-state index is 0.0566. The Bertz CT molecular complexity index is 1040. The maximum Gasteiger partial charge on any atom is 0.289 e. The Hall–Kier alpha value is -2.95. The molecule has 0 radical (unpaired) electrons. The smallest absolute Gasteiger partial charge is 0.289 e. The van der Waals surface area contributed by atoms with Crippen LogP contribution in [-0.2, 0) is 6.42 Å². The predicted octanol–water partition coefficient (Wildman–Crippen LogP) is 4.82. The Labute approximate surface area is 170 Å². The Morgan fingerprint density at radius 1 is 1.28 bits per heavy atom. The van der Waals surface area contributed by atoms with Gasteiger partial charge in [-0.1, -0.05) is 19.4 Å². The molecule has 0 saturated carbocycles. The standard InChI is InChI=1S/C24H26N2O3/c1-3-6-17-9-10-21-20(13-17)16(2)23(29-21)24(28)26-12-5-8-19(15-26)22(27)18-7-4-11-25-14-18/h4,7,9-11,13-14,19H,3,5-6,8,12,15H2,1-2H3/t19-/m0/s1. The SMILES string of the molecule is CCCc1ccc2oc(C(=O)N3CCC[C@H](C(=O)c4cccnc4)C3)c(C)c2c1. The van der Waals surface area contributed by atoms with Crippen LogP contribution in [0.25, 0.3) is 11.0 Å². The summed E-state index contributed by atoms with van der Waals surface area (Å²) in [7, 11) is 0. The van der Waals surface area contributed by atoms with E-state index < -0.39 is 0 Å². The van der Waals surface area contributed by atoms with Crippen molar-refractivity contribution in [1.82, 2.24) is 9.88 Å². The second-order valence-electron chi connectivity index (χ2n) is 7.83. The minimum Gasteiger partial charge on any atom is -0.451 e. The zero-order chi connectivity index (χ0) is 20.4. The number of fused-ring (bicyclic) bond motifs is 1. The average molecular weight is 390 g/mol. The highest BCUT2D eigenvalue weighted by Gasteiger charge is 2.31. The van der Waals surface area contributed by atoms with Crippen molar-refractivity contribution in [3.63, 3.8) is 0 Å². The highest BCUT2D eigenvalue weighted by Crippen LogP contribution is 2.29. The summed E-state index contributed by atoms with van der Waals surface area (Å²) < 4.78 is 5.94. The molecule has 29 heavy (non-hydrogen) atoms. The molecular weight excluding hydrogens is 364 g/mol. The molecule has 0 N–H and O–H groups in total. The van der Waals surface area contributed by atoms with Crippen LogP contribution in [0, 0.1) is 12.8 Å². The lowest BCUT2D eigenvalue weighted by molar-refractivity contribution is 0.0611. The second-order valence-corrected chi connectivity index (χ2v) is 7.83. The van der Waals surface area contributed by atoms with E-state index in [9.17, 15) is 9.59 Å². The van der Waals surface area contributed by atoms with E-state index in [0.717, 1.165) is 42.2 Å². The average Bonchev–Trinajstić information content (AvgIpc) is 3.09. The van der Waals surface area contributed by atoms with E-state index in [1.165, 1.54) is 5.56 Å². The van der Waals surface area contributed by atoms with E-state index in [2.05, 4.69) is 24.0 Å². The van der Waals surface area contributed by atoms with E-state index >= 15 is 0 Å². The van der Waals surface area contributed by atoms with Crippen LogP contribution in [0.15, 0.2) is 47.1 Å². The van der Waals surface area contributed by atoms with Crippen LogP contribution in [0.4, 0.5) is 0 Å². The van der Waals surface area contributed by atoms with Crippen LogP contribution in [0.5, 0.6) is 0 Å². The molecule has 1 amide bonds. The fourth-order valence-corrected chi connectivity index (χ4v) is 4.18. The highest BCUT2D eigenvalue weighted by molar-refractivity contribution is 6.01. The summed E-state index contributed by atoms with van der Waals surface area (Å²) >= 11 is 0. The number of likely N-dealkylation sites (tertiary alicyclic amines) is 1. The van der Waals surface area contributed by atoms with Gasteiger partial charge in [0.1, 0.15) is 5.58 Å². The summed E-state index contributed by atoms with van der Waals surface area (Å²) in [5.74, 6) is 0.126. The number of furan rings is 1. The molecule has 0 bridgehead atoms. The van der Waals surface area contributed by atoms with Gasteiger partial charge in [-0.05, 0) is 56.0 Å². The molecule has 3 heterocycles. The van der Waals surface area contributed by atoms with Crippen molar-refractivity contribution in [2.75, 3.05) is 13.1 Å². The molecule has 0 unspecified atom stereocenters. The molecular formula is C24H26N2O3. The molecule has 0 spiro atoms. The van der Waals surface area contributed by atoms with Crippen molar-refractivity contribution in [2.45, 2.75) is 39.5 Å². The Kier molecular flexibility index (Phi) is 5.47. The van der Waals surface area contributed by atoms with Crippen LogP contribution < -0.4 is 0 Å². The predicted molar refractivity (Wildman–Crippen MR) is 112 cm³/mol. The van der Waals surface area contributed by atoms with Gasteiger partial charge in [-0.15, -0.1) is 0 Å². The second kappa shape index (κ2) is 8.19. The molecule has 1 aromatic carbocycles. The zero-order valence-electron chi connectivity index (χ0n) is 17.0. The number of piperidine rings is 1. The van der Waals surface area contributed by atoms with Gasteiger partial charge in [-0.2, -0.15) is 0 Å². The van der Waals surface area contributed by atoms with Gasteiger partial charge < -0.3 is 9.32 Å². The number of Topliss-reactive ketones (excluding diaryl/α,β-unsaturated/α-hetero) is 1. The first-order chi connectivity index (χ1) is 14.1. The fraction of sp³-hybridized carbons (Fsp3) is 0.375. The quantitative estimate of drug-likeness (QED) is 0.586. The van der Waals surface area contributed by atoms with E-state index in [1.54, 1.807) is 29.4 Å². The number of benzene rings is 1. The molecule has 1 aliphatic rings. The zero-order valence-corrected chi connectivity index (χ0v) is 17.0. The largest absolute Gasteiger partial charge is 0.451 e. The van der Waals surface area contributed by atoms with Crippen molar-refractivity contribution in [3.05, 3.63) is 65.2 Å². The maximum atomic E-state index is 13.2. The van der Waals surface area contributed by atoms with Gasteiger partial charge in [0.2, 0.25) is 0 Å². The lowest BCUT2D eigenvalue weighted by Crippen LogP contribution is -2.42. The van der Waals surface area contributed by atoms with Gasteiger partial charge in [-0.25, -0.2) is 0 Å². The third-order valence-electron chi connectivity index (χ3n) is 5.76. The summed E-state index contributed by atoms with van der Waals surface area (Å²) in [4.78, 5) is 31.8. The van der Waals surface area contributed by atoms with E-state index in [0.29, 0.717) is 24.4 Å². The molecule has 1 atom stereocenters.